The minimum absolute atomic E-state index is 0.0376. The number of benzene rings is 2. The molecule has 2 aliphatic rings. The lowest BCUT2D eigenvalue weighted by atomic mass is 9.98. The van der Waals surface area contributed by atoms with Crippen LogP contribution in [0.1, 0.15) is 42.7 Å². The summed E-state index contributed by atoms with van der Waals surface area (Å²) in [4.78, 5) is 36.1. The molecule has 8 heteroatoms. The van der Waals surface area contributed by atoms with Crippen molar-refractivity contribution >= 4 is 18.0 Å². The molecule has 8 nitrogen and oxygen atoms in total. The number of aliphatic hydroxyl groups excluding tert-OH is 1. The highest BCUT2D eigenvalue weighted by atomic mass is 16.5. The third-order valence-electron chi connectivity index (χ3n) is 6.29. The maximum Gasteiger partial charge on any atom is 0.407 e. The summed E-state index contributed by atoms with van der Waals surface area (Å²) in [5, 5.41) is 23.3. The largest absolute Gasteiger partial charge is 0.480 e. The molecule has 174 valence electrons. The van der Waals surface area contributed by atoms with E-state index in [2.05, 4.69) is 22.8 Å². The minimum Gasteiger partial charge on any atom is -0.480 e. The summed E-state index contributed by atoms with van der Waals surface area (Å²) >= 11 is 0. The summed E-state index contributed by atoms with van der Waals surface area (Å²) in [6.45, 7) is -0.164. The van der Waals surface area contributed by atoms with Crippen molar-refractivity contribution in [2.24, 2.45) is 5.92 Å². The fraction of sp³-hybridized carbons (Fsp3) is 0.400. The minimum atomic E-state index is -1.20. The fourth-order valence-electron chi connectivity index (χ4n) is 4.47. The molecule has 2 aliphatic carbocycles. The van der Waals surface area contributed by atoms with Crippen LogP contribution in [0.15, 0.2) is 48.5 Å². The molecule has 2 aromatic rings. The van der Waals surface area contributed by atoms with Crippen LogP contribution < -0.4 is 10.6 Å². The van der Waals surface area contributed by atoms with E-state index in [0.29, 0.717) is 0 Å². The predicted octanol–water partition coefficient (Wildman–Crippen LogP) is 2.65. The van der Waals surface area contributed by atoms with Crippen LogP contribution >= 0.6 is 0 Å². The van der Waals surface area contributed by atoms with Crippen LogP contribution in [0.2, 0.25) is 0 Å². The van der Waals surface area contributed by atoms with Gasteiger partial charge in [0, 0.05) is 31.4 Å². The highest BCUT2D eigenvalue weighted by Crippen LogP contribution is 2.44. The molecular formula is C25H28N2O6. The standard InChI is InChI=1S/C25H28N2O6/c28-12-11-21(24(30)31)26-23(29)13-22(15-9-10-15)27-25(32)33-14-20-18-7-3-1-5-16(18)17-6-2-4-8-19(17)20/h1-8,15,20-22,28H,9-14H2,(H,26,29)(H,27,32)(H,30,31). The average Bonchev–Trinajstić information content (AvgIpc) is 3.60. The highest BCUT2D eigenvalue weighted by molar-refractivity contribution is 5.84. The monoisotopic (exact) mass is 452 g/mol. The molecule has 0 aliphatic heterocycles. The molecule has 0 spiro atoms. The van der Waals surface area contributed by atoms with Crippen molar-refractivity contribution in [2.75, 3.05) is 13.2 Å². The molecule has 0 saturated heterocycles. The van der Waals surface area contributed by atoms with Gasteiger partial charge in [0.25, 0.3) is 0 Å². The molecule has 2 aromatic carbocycles. The SMILES string of the molecule is O=C(CC(NC(=O)OCC1c2ccccc2-c2ccccc21)C1CC1)NC(CCO)C(=O)O. The Morgan fingerprint density at radius 1 is 0.970 bits per heavy atom. The van der Waals surface area contributed by atoms with Crippen molar-refractivity contribution in [2.45, 2.75) is 43.7 Å². The van der Waals surface area contributed by atoms with Gasteiger partial charge in [0.05, 0.1) is 0 Å². The van der Waals surface area contributed by atoms with Gasteiger partial charge in [0.2, 0.25) is 5.91 Å². The van der Waals surface area contributed by atoms with Gasteiger partial charge in [-0.25, -0.2) is 9.59 Å². The second kappa shape index (κ2) is 10.0. The van der Waals surface area contributed by atoms with Crippen LogP contribution in [0.5, 0.6) is 0 Å². The van der Waals surface area contributed by atoms with Crippen LogP contribution in [0, 0.1) is 5.92 Å². The number of carboxylic acid groups (broad SMARTS) is 1. The van der Waals surface area contributed by atoms with Gasteiger partial charge in [-0.1, -0.05) is 48.5 Å². The Kier molecular flexibility index (Phi) is 6.93. The van der Waals surface area contributed by atoms with E-state index in [1.807, 2.05) is 36.4 Å². The zero-order valence-electron chi connectivity index (χ0n) is 18.2. The van der Waals surface area contributed by atoms with E-state index in [4.69, 9.17) is 14.9 Å². The molecule has 2 amide bonds. The molecule has 0 radical (unpaired) electrons. The Hall–Kier alpha value is -3.39. The van der Waals surface area contributed by atoms with E-state index in [0.717, 1.165) is 35.1 Å². The number of hydrogen-bond acceptors (Lipinski definition) is 5. The number of aliphatic carboxylic acids is 1. The first-order valence-electron chi connectivity index (χ1n) is 11.2. The number of nitrogens with one attached hydrogen (secondary N) is 2. The summed E-state index contributed by atoms with van der Waals surface area (Å²) in [6.07, 6.45) is 1.08. The Morgan fingerprint density at radius 3 is 2.12 bits per heavy atom. The second-order valence-corrected chi connectivity index (χ2v) is 8.59. The van der Waals surface area contributed by atoms with Gasteiger partial charge in [-0.15, -0.1) is 0 Å². The number of fused-ring (bicyclic) bond motifs is 3. The van der Waals surface area contributed by atoms with Crippen LogP contribution in [-0.2, 0) is 14.3 Å². The number of hydrogen-bond donors (Lipinski definition) is 4. The highest BCUT2D eigenvalue weighted by Gasteiger charge is 2.35. The quantitative estimate of drug-likeness (QED) is 0.439. The smallest absolute Gasteiger partial charge is 0.407 e. The van der Waals surface area contributed by atoms with E-state index in [1.165, 1.54) is 0 Å². The summed E-state index contributed by atoms with van der Waals surface area (Å²) in [5.41, 5.74) is 4.53. The van der Waals surface area contributed by atoms with E-state index in [9.17, 15) is 14.4 Å². The zero-order chi connectivity index (χ0) is 23.4. The number of carboxylic acids is 1. The van der Waals surface area contributed by atoms with Crippen LogP contribution in [-0.4, -0.2) is 53.5 Å². The van der Waals surface area contributed by atoms with Crippen molar-refractivity contribution in [3.63, 3.8) is 0 Å². The van der Waals surface area contributed by atoms with Gasteiger partial charge < -0.3 is 25.6 Å². The van der Waals surface area contributed by atoms with E-state index in [1.54, 1.807) is 0 Å². The first-order valence-corrected chi connectivity index (χ1v) is 11.2. The summed E-state index contributed by atoms with van der Waals surface area (Å²) in [6, 6.07) is 14.6. The molecular weight excluding hydrogens is 424 g/mol. The molecule has 0 bridgehead atoms. The van der Waals surface area contributed by atoms with Crippen molar-refractivity contribution in [1.29, 1.82) is 0 Å². The van der Waals surface area contributed by atoms with E-state index < -0.39 is 30.1 Å². The van der Waals surface area contributed by atoms with Crippen molar-refractivity contribution < 1.29 is 29.3 Å². The molecule has 0 aromatic heterocycles. The van der Waals surface area contributed by atoms with Gasteiger partial charge in [0.1, 0.15) is 12.6 Å². The lowest BCUT2D eigenvalue weighted by Crippen LogP contribution is -2.46. The number of aliphatic hydroxyl groups is 1. The molecule has 4 N–H and O–H groups in total. The molecule has 2 unspecified atom stereocenters. The molecule has 4 rings (SSSR count). The van der Waals surface area contributed by atoms with Crippen LogP contribution in [0.25, 0.3) is 11.1 Å². The first-order chi connectivity index (χ1) is 16.0. The third-order valence-corrected chi connectivity index (χ3v) is 6.29. The summed E-state index contributed by atoms with van der Waals surface area (Å²) < 4.78 is 5.58. The first kappa shape index (κ1) is 22.8. The Bertz CT molecular complexity index is 990. The van der Waals surface area contributed by atoms with Crippen LogP contribution in [0.4, 0.5) is 4.79 Å². The topological polar surface area (TPSA) is 125 Å². The van der Waals surface area contributed by atoms with Gasteiger partial charge in [-0.3, -0.25) is 4.79 Å². The lowest BCUT2D eigenvalue weighted by Gasteiger charge is -2.20. The van der Waals surface area contributed by atoms with Gasteiger partial charge in [-0.05, 0) is 41.0 Å². The number of carbonyl (C=O) groups is 3. The predicted molar refractivity (Wildman–Crippen MR) is 121 cm³/mol. The third kappa shape index (κ3) is 5.34. The summed E-state index contributed by atoms with van der Waals surface area (Å²) in [5.74, 6) is -1.57. The second-order valence-electron chi connectivity index (χ2n) is 8.59. The van der Waals surface area contributed by atoms with Gasteiger partial charge in [-0.2, -0.15) is 0 Å². The van der Waals surface area contributed by atoms with Crippen LogP contribution in [0.3, 0.4) is 0 Å². The average molecular weight is 453 g/mol. The van der Waals surface area contributed by atoms with Gasteiger partial charge in [0.15, 0.2) is 0 Å². The van der Waals surface area contributed by atoms with Crippen molar-refractivity contribution in [3.05, 3.63) is 59.7 Å². The normalized spacial score (nSPS) is 16.3. The van der Waals surface area contributed by atoms with Gasteiger partial charge >= 0.3 is 12.1 Å². The number of amides is 2. The van der Waals surface area contributed by atoms with E-state index >= 15 is 0 Å². The molecule has 1 saturated carbocycles. The molecule has 0 heterocycles. The number of rotatable bonds is 10. The summed E-state index contributed by atoms with van der Waals surface area (Å²) in [7, 11) is 0. The van der Waals surface area contributed by atoms with Crippen molar-refractivity contribution in [3.8, 4) is 11.1 Å². The maximum atomic E-state index is 12.6. The Morgan fingerprint density at radius 2 is 1.58 bits per heavy atom. The lowest BCUT2D eigenvalue weighted by molar-refractivity contribution is -0.142. The molecule has 2 atom stereocenters. The molecule has 1 fully saturated rings. The number of carbonyl (C=O) groups excluding carboxylic acids is 2. The number of alkyl carbamates (subject to hydrolysis) is 1. The van der Waals surface area contributed by atoms with E-state index in [-0.39, 0.29) is 37.9 Å². The number of ether oxygens (including phenoxy) is 1. The van der Waals surface area contributed by atoms with Crippen molar-refractivity contribution in [1.82, 2.24) is 10.6 Å². The Labute approximate surface area is 192 Å². The molecule has 33 heavy (non-hydrogen) atoms. The Balaban J connectivity index is 1.35. The fourth-order valence-corrected chi connectivity index (χ4v) is 4.47. The maximum absolute atomic E-state index is 12.6. The zero-order valence-corrected chi connectivity index (χ0v) is 18.2.